The average molecular weight is 321 g/mol. The molecule has 0 radical (unpaired) electrons. The number of hydrogen-bond acceptors (Lipinski definition) is 4. The molecule has 0 fully saturated rings. The van der Waals surface area contributed by atoms with Gasteiger partial charge in [0, 0.05) is 13.2 Å². The van der Waals surface area contributed by atoms with Gasteiger partial charge in [-0.15, -0.1) is 0 Å². The molecule has 0 bridgehead atoms. The third-order valence-electron chi connectivity index (χ3n) is 2.98. The third kappa shape index (κ3) is 2.76. The number of hydrogen-bond donors (Lipinski definition) is 1. The van der Waals surface area contributed by atoms with Crippen LogP contribution in [0.3, 0.4) is 0 Å². The predicted octanol–water partition coefficient (Wildman–Crippen LogP) is 3.47. The van der Waals surface area contributed by atoms with E-state index in [1.807, 2.05) is 13.1 Å². The maximum atomic E-state index is 4.62. The van der Waals surface area contributed by atoms with E-state index in [4.69, 9.17) is 0 Å². The molecule has 5 heteroatoms. The molecule has 0 unspecified atom stereocenters. The first-order valence-electron chi connectivity index (χ1n) is 6.39. The molecule has 2 heterocycles. The van der Waals surface area contributed by atoms with Crippen molar-refractivity contribution in [2.24, 2.45) is 0 Å². The van der Waals surface area contributed by atoms with Crippen molar-refractivity contribution in [3.05, 3.63) is 34.1 Å². The number of aromatic nitrogens is 3. The number of nitrogens with zero attached hydrogens (tertiary/aromatic N) is 3. The summed E-state index contributed by atoms with van der Waals surface area (Å²) in [6.07, 6.45) is 3.54. The van der Waals surface area contributed by atoms with Crippen molar-refractivity contribution in [2.45, 2.75) is 26.7 Å². The number of pyridine rings is 1. The molecule has 0 spiro atoms. The molecule has 100 valence electrons. The van der Waals surface area contributed by atoms with Crippen molar-refractivity contribution in [1.82, 2.24) is 15.0 Å². The normalized spacial score (nSPS) is 10.5. The number of rotatable bonds is 4. The zero-order chi connectivity index (χ0) is 13.8. The lowest BCUT2D eigenvalue weighted by Gasteiger charge is -2.11. The molecular weight excluding hydrogens is 304 g/mol. The van der Waals surface area contributed by atoms with Crippen LogP contribution in [-0.2, 0) is 12.8 Å². The molecule has 0 amide bonds. The number of aryl methyl sites for hydroxylation is 2. The van der Waals surface area contributed by atoms with Crippen LogP contribution in [0.1, 0.15) is 25.1 Å². The highest BCUT2D eigenvalue weighted by Crippen LogP contribution is 2.27. The second-order valence-electron chi connectivity index (χ2n) is 4.12. The van der Waals surface area contributed by atoms with E-state index in [2.05, 4.69) is 56.1 Å². The maximum absolute atomic E-state index is 4.62. The van der Waals surface area contributed by atoms with Crippen LogP contribution in [0.4, 0.5) is 5.82 Å². The fourth-order valence-electron chi connectivity index (χ4n) is 1.92. The monoisotopic (exact) mass is 320 g/mol. The number of anilines is 1. The summed E-state index contributed by atoms with van der Waals surface area (Å²) in [5.74, 6) is 1.48. The van der Waals surface area contributed by atoms with Gasteiger partial charge >= 0.3 is 0 Å². The van der Waals surface area contributed by atoms with Crippen LogP contribution in [0.5, 0.6) is 0 Å². The van der Waals surface area contributed by atoms with E-state index < -0.39 is 0 Å². The predicted molar refractivity (Wildman–Crippen MR) is 81.3 cm³/mol. The summed E-state index contributed by atoms with van der Waals surface area (Å²) in [5.41, 5.74) is 3.01. The first-order valence-corrected chi connectivity index (χ1v) is 7.18. The van der Waals surface area contributed by atoms with Crippen molar-refractivity contribution in [3.63, 3.8) is 0 Å². The van der Waals surface area contributed by atoms with Crippen LogP contribution >= 0.6 is 15.9 Å². The average Bonchev–Trinajstić information content (AvgIpc) is 2.47. The second kappa shape index (κ2) is 6.10. The zero-order valence-electron chi connectivity index (χ0n) is 11.4. The Kier molecular flexibility index (Phi) is 4.47. The zero-order valence-corrected chi connectivity index (χ0v) is 13.0. The Labute approximate surface area is 121 Å². The number of halogens is 1. The van der Waals surface area contributed by atoms with Crippen LogP contribution < -0.4 is 5.32 Å². The summed E-state index contributed by atoms with van der Waals surface area (Å²) in [6.45, 7) is 4.19. The molecular formula is C14H17BrN4. The van der Waals surface area contributed by atoms with Crippen LogP contribution in [0.2, 0.25) is 0 Å². The molecule has 0 atom stereocenters. The van der Waals surface area contributed by atoms with Crippen LogP contribution in [0, 0.1) is 0 Å². The minimum absolute atomic E-state index is 0.682. The Bertz CT molecular complexity index is 558. The van der Waals surface area contributed by atoms with Crippen molar-refractivity contribution >= 4 is 21.7 Å². The maximum Gasteiger partial charge on any atom is 0.180 e. The van der Waals surface area contributed by atoms with Gasteiger partial charge in [0.2, 0.25) is 0 Å². The molecule has 0 saturated heterocycles. The van der Waals surface area contributed by atoms with E-state index in [0.29, 0.717) is 5.82 Å². The molecule has 0 aromatic carbocycles. The van der Waals surface area contributed by atoms with Crippen molar-refractivity contribution in [1.29, 1.82) is 0 Å². The van der Waals surface area contributed by atoms with Gasteiger partial charge in [0.25, 0.3) is 0 Å². The quantitative estimate of drug-likeness (QED) is 0.937. The molecule has 1 N–H and O–H groups in total. The SMILES string of the molecule is CCc1cccnc1-c1nc(CC)c(Br)c(NC)n1. The molecule has 0 aliphatic rings. The van der Waals surface area contributed by atoms with Gasteiger partial charge < -0.3 is 5.32 Å². The standard InChI is InChI=1S/C14H17BrN4/c1-4-9-7-6-8-17-12(9)14-18-10(5-2)11(15)13(16-3)19-14/h6-8H,4-5H2,1-3H3,(H,16,18,19). The van der Waals surface area contributed by atoms with Crippen molar-refractivity contribution in [3.8, 4) is 11.5 Å². The Morgan fingerprint density at radius 1 is 1.21 bits per heavy atom. The van der Waals surface area contributed by atoms with E-state index in [-0.39, 0.29) is 0 Å². The summed E-state index contributed by atoms with van der Waals surface area (Å²) < 4.78 is 0.926. The minimum atomic E-state index is 0.682. The van der Waals surface area contributed by atoms with Crippen molar-refractivity contribution < 1.29 is 0 Å². The van der Waals surface area contributed by atoms with Crippen LogP contribution in [-0.4, -0.2) is 22.0 Å². The smallest absolute Gasteiger partial charge is 0.180 e. The Hall–Kier alpha value is -1.49. The molecule has 0 saturated carbocycles. The lowest BCUT2D eigenvalue weighted by atomic mass is 10.1. The van der Waals surface area contributed by atoms with Gasteiger partial charge in [-0.2, -0.15) is 0 Å². The first kappa shape index (κ1) is 13.9. The van der Waals surface area contributed by atoms with Gasteiger partial charge in [0.05, 0.1) is 10.2 Å². The lowest BCUT2D eigenvalue weighted by Crippen LogP contribution is -2.04. The van der Waals surface area contributed by atoms with E-state index in [1.165, 1.54) is 0 Å². The molecule has 0 aliphatic heterocycles. The van der Waals surface area contributed by atoms with Gasteiger partial charge in [-0.05, 0) is 40.4 Å². The summed E-state index contributed by atoms with van der Waals surface area (Å²) in [4.78, 5) is 13.6. The molecule has 2 rings (SSSR count). The third-order valence-corrected chi connectivity index (χ3v) is 3.81. The topological polar surface area (TPSA) is 50.7 Å². The molecule has 0 aliphatic carbocycles. The summed E-state index contributed by atoms with van der Waals surface area (Å²) in [6, 6.07) is 4.01. The van der Waals surface area contributed by atoms with E-state index >= 15 is 0 Å². The fraction of sp³-hybridized carbons (Fsp3) is 0.357. The van der Waals surface area contributed by atoms with Crippen LogP contribution in [0.15, 0.2) is 22.8 Å². The Morgan fingerprint density at radius 3 is 2.63 bits per heavy atom. The highest BCUT2D eigenvalue weighted by Gasteiger charge is 2.14. The van der Waals surface area contributed by atoms with Gasteiger partial charge in [0.15, 0.2) is 5.82 Å². The highest BCUT2D eigenvalue weighted by molar-refractivity contribution is 9.10. The summed E-state index contributed by atoms with van der Waals surface area (Å²) >= 11 is 3.54. The van der Waals surface area contributed by atoms with Crippen LogP contribution in [0.25, 0.3) is 11.5 Å². The lowest BCUT2D eigenvalue weighted by molar-refractivity contribution is 0.976. The summed E-state index contributed by atoms with van der Waals surface area (Å²) in [7, 11) is 1.86. The van der Waals surface area contributed by atoms with E-state index in [1.54, 1.807) is 6.20 Å². The Balaban J connectivity index is 2.62. The molecule has 19 heavy (non-hydrogen) atoms. The number of nitrogens with one attached hydrogen (secondary N) is 1. The van der Waals surface area contributed by atoms with Gasteiger partial charge in [0.1, 0.15) is 11.5 Å². The van der Waals surface area contributed by atoms with E-state index in [0.717, 1.165) is 40.1 Å². The first-order chi connectivity index (χ1) is 9.21. The summed E-state index contributed by atoms with van der Waals surface area (Å²) in [5, 5.41) is 3.09. The molecule has 2 aromatic rings. The molecule has 2 aromatic heterocycles. The minimum Gasteiger partial charge on any atom is -0.372 e. The largest absolute Gasteiger partial charge is 0.372 e. The molecule has 4 nitrogen and oxygen atoms in total. The Morgan fingerprint density at radius 2 is 2.00 bits per heavy atom. The van der Waals surface area contributed by atoms with Gasteiger partial charge in [-0.25, -0.2) is 9.97 Å². The van der Waals surface area contributed by atoms with Crippen molar-refractivity contribution in [2.75, 3.05) is 12.4 Å². The highest BCUT2D eigenvalue weighted by atomic mass is 79.9. The van der Waals surface area contributed by atoms with Gasteiger partial charge in [-0.3, -0.25) is 4.98 Å². The fourth-order valence-corrected chi connectivity index (χ4v) is 2.58. The van der Waals surface area contributed by atoms with Gasteiger partial charge in [-0.1, -0.05) is 19.9 Å². The second-order valence-corrected chi connectivity index (χ2v) is 4.92. The van der Waals surface area contributed by atoms with E-state index in [9.17, 15) is 0 Å².